The Morgan fingerprint density at radius 2 is 1.90 bits per heavy atom. The lowest BCUT2D eigenvalue weighted by atomic mass is 10.2. The van der Waals surface area contributed by atoms with Crippen molar-refractivity contribution in [2.75, 3.05) is 31.7 Å². The molecule has 0 unspecified atom stereocenters. The molecular weight excluding hydrogens is 284 g/mol. The number of benzene rings is 1. The van der Waals surface area contributed by atoms with Crippen LogP contribution in [0.4, 0.5) is 5.82 Å². The van der Waals surface area contributed by atoms with Gasteiger partial charge in [0, 0.05) is 17.9 Å². The van der Waals surface area contributed by atoms with E-state index in [1.54, 1.807) is 30.0 Å². The van der Waals surface area contributed by atoms with Gasteiger partial charge in [-0.2, -0.15) is 0 Å². The quantitative estimate of drug-likeness (QED) is 0.830. The van der Waals surface area contributed by atoms with E-state index in [1.165, 1.54) is 0 Å². The van der Waals surface area contributed by atoms with Crippen molar-refractivity contribution in [3.63, 3.8) is 0 Å². The zero-order valence-electron chi connectivity index (χ0n) is 12.1. The SMILES string of the molecule is CN(C)CCSc1ccc(NC(=O)c2ccccc2)nn1. The number of carbonyl (C=O) groups is 1. The Balaban J connectivity index is 1.89. The molecule has 0 atom stereocenters. The Hall–Kier alpha value is -1.92. The van der Waals surface area contributed by atoms with E-state index in [4.69, 9.17) is 0 Å². The van der Waals surface area contributed by atoms with E-state index in [0.717, 1.165) is 17.3 Å². The molecule has 6 heteroatoms. The van der Waals surface area contributed by atoms with Crippen LogP contribution in [0.2, 0.25) is 0 Å². The maximum atomic E-state index is 12.0. The minimum Gasteiger partial charge on any atom is -0.309 e. The Morgan fingerprint density at radius 1 is 1.14 bits per heavy atom. The predicted molar refractivity (Wildman–Crippen MR) is 85.7 cm³/mol. The van der Waals surface area contributed by atoms with Crippen molar-refractivity contribution >= 4 is 23.5 Å². The van der Waals surface area contributed by atoms with Crippen LogP contribution in [-0.4, -0.2) is 47.4 Å². The standard InChI is InChI=1S/C15H18N4OS/c1-19(2)10-11-21-14-9-8-13(17-18-14)16-15(20)12-6-4-3-5-7-12/h3-9H,10-11H2,1-2H3,(H,16,17,20). The first-order valence-electron chi connectivity index (χ1n) is 6.63. The molecule has 1 N–H and O–H groups in total. The number of thioether (sulfide) groups is 1. The van der Waals surface area contributed by atoms with Gasteiger partial charge in [-0.05, 0) is 38.4 Å². The normalized spacial score (nSPS) is 10.6. The summed E-state index contributed by atoms with van der Waals surface area (Å²) < 4.78 is 0. The molecule has 0 saturated heterocycles. The highest BCUT2D eigenvalue weighted by molar-refractivity contribution is 7.99. The molecule has 2 rings (SSSR count). The van der Waals surface area contributed by atoms with Gasteiger partial charge in [-0.15, -0.1) is 22.0 Å². The number of hydrogen-bond acceptors (Lipinski definition) is 5. The summed E-state index contributed by atoms with van der Waals surface area (Å²) in [6.07, 6.45) is 0. The van der Waals surface area contributed by atoms with Crippen LogP contribution in [-0.2, 0) is 0 Å². The van der Waals surface area contributed by atoms with Crippen LogP contribution < -0.4 is 5.32 Å². The van der Waals surface area contributed by atoms with Crippen LogP contribution in [0.3, 0.4) is 0 Å². The molecule has 0 spiro atoms. The molecule has 5 nitrogen and oxygen atoms in total. The van der Waals surface area contributed by atoms with E-state index < -0.39 is 0 Å². The first kappa shape index (κ1) is 15.5. The van der Waals surface area contributed by atoms with Gasteiger partial charge in [-0.1, -0.05) is 18.2 Å². The predicted octanol–water partition coefficient (Wildman–Crippen LogP) is 2.38. The van der Waals surface area contributed by atoms with Gasteiger partial charge in [-0.25, -0.2) is 0 Å². The van der Waals surface area contributed by atoms with Gasteiger partial charge in [-0.3, -0.25) is 4.79 Å². The van der Waals surface area contributed by atoms with Crippen molar-refractivity contribution in [3.05, 3.63) is 48.0 Å². The van der Waals surface area contributed by atoms with Gasteiger partial charge in [0.15, 0.2) is 5.82 Å². The summed E-state index contributed by atoms with van der Waals surface area (Å²) in [5.41, 5.74) is 0.601. The zero-order valence-corrected chi connectivity index (χ0v) is 12.9. The maximum Gasteiger partial charge on any atom is 0.256 e. The molecule has 1 aromatic carbocycles. The zero-order chi connectivity index (χ0) is 15.1. The molecule has 1 aromatic heterocycles. The van der Waals surface area contributed by atoms with Crippen molar-refractivity contribution in [1.82, 2.24) is 15.1 Å². The monoisotopic (exact) mass is 302 g/mol. The molecule has 1 amide bonds. The molecule has 0 fully saturated rings. The summed E-state index contributed by atoms with van der Waals surface area (Å²) in [7, 11) is 4.07. The fourth-order valence-corrected chi connectivity index (χ4v) is 2.50. The van der Waals surface area contributed by atoms with E-state index in [-0.39, 0.29) is 5.91 Å². The van der Waals surface area contributed by atoms with Crippen LogP contribution in [0.25, 0.3) is 0 Å². The van der Waals surface area contributed by atoms with E-state index in [9.17, 15) is 4.79 Å². The highest BCUT2D eigenvalue weighted by atomic mass is 32.2. The van der Waals surface area contributed by atoms with Crippen molar-refractivity contribution in [3.8, 4) is 0 Å². The Kier molecular flexibility index (Phi) is 5.71. The van der Waals surface area contributed by atoms with Crippen LogP contribution in [0, 0.1) is 0 Å². The lowest BCUT2D eigenvalue weighted by Crippen LogP contribution is -2.15. The van der Waals surface area contributed by atoms with Crippen molar-refractivity contribution in [1.29, 1.82) is 0 Å². The summed E-state index contributed by atoms with van der Waals surface area (Å²) in [6.45, 7) is 0.985. The number of hydrogen-bond donors (Lipinski definition) is 1. The van der Waals surface area contributed by atoms with E-state index in [0.29, 0.717) is 11.4 Å². The first-order chi connectivity index (χ1) is 10.1. The minimum absolute atomic E-state index is 0.182. The highest BCUT2D eigenvalue weighted by Crippen LogP contribution is 2.15. The maximum absolute atomic E-state index is 12.0. The topological polar surface area (TPSA) is 58.1 Å². The molecule has 1 heterocycles. The molecule has 0 aliphatic carbocycles. The summed E-state index contributed by atoms with van der Waals surface area (Å²) in [5.74, 6) is 1.23. The van der Waals surface area contributed by atoms with Gasteiger partial charge < -0.3 is 10.2 Å². The van der Waals surface area contributed by atoms with Gasteiger partial charge >= 0.3 is 0 Å². The smallest absolute Gasteiger partial charge is 0.256 e. The third-order valence-corrected chi connectivity index (χ3v) is 3.61. The molecule has 0 aliphatic heterocycles. The van der Waals surface area contributed by atoms with E-state index >= 15 is 0 Å². The number of nitrogens with one attached hydrogen (secondary N) is 1. The van der Waals surface area contributed by atoms with Crippen LogP contribution in [0.1, 0.15) is 10.4 Å². The number of rotatable bonds is 6. The molecule has 110 valence electrons. The van der Waals surface area contributed by atoms with Gasteiger partial charge in [0.2, 0.25) is 0 Å². The van der Waals surface area contributed by atoms with Gasteiger partial charge in [0.05, 0.1) is 0 Å². The highest BCUT2D eigenvalue weighted by Gasteiger charge is 2.06. The Bertz CT molecular complexity index is 572. The average molecular weight is 302 g/mol. The summed E-state index contributed by atoms with van der Waals surface area (Å²) in [4.78, 5) is 14.1. The molecule has 0 saturated carbocycles. The summed E-state index contributed by atoms with van der Waals surface area (Å²) in [5, 5.41) is 11.7. The molecule has 21 heavy (non-hydrogen) atoms. The van der Waals surface area contributed by atoms with E-state index in [1.807, 2.05) is 38.4 Å². The Labute approximate surface area is 128 Å². The van der Waals surface area contributed by atoms with Crippen molar-refractivity contribution < 1.29 is 4.79 Å². The molecular formula is C15H18N4OS. The molecule has 0 radical (unpaired) electrons. The lowest BCUT2D eigenvalue weighted by Gasteiger charge is -2.08. The molecule has 0 bridgehead atoms. The molecule has 2 aromatic rings. The number of anilines is 1. The number of aromatic nitrogens is 2. The van der Waals surface area contributed by atoms with Gasteiger partial charge in [0.25, 0.3) is 5.91 Å². The average Bonchev–Trinajstić information content (AvgIpc) is 2.49. The second-order valence-electron chi connectivity index (χ2n) is 4.73. The van der Waals surface area contributed by atoms with Crippen LogP contribution in [0.15, 0.2) is 47.5 Å². The third-order valence-electron chi connectivity index (χ3n) is 2.71. The number of nitrogens with zero attached hydrogens (tertiary/aromatic N) is 3. The number of amides is 1. The second-order valence-corrected chi connectivity index (χ2v) is 5.84. The van der Waals surface area contributed by atoms with E-state index in [2.05, 4.69) is 20.4 Å². The minimum atomic E-state index is -0.182. The van der Waals surface area contributed by atoms with Crippen LogP contribution in [0.5, 0.6) is 0 Å². The van der Waals surface area contributed by atoms with Gasteiger partial charge in [0.1, 0.15) is 5.03 Å². The first-order valence-corrected chi connectivity index (χ1v) is 7.61. The third kappa shape index (κ3) is 5.17. The fourth-order valence-electron chi connectivity index (χ4n) is 1.57. The largest absolute Gasteiger partial charge is 0.309 e. The van der Waals surface area contributed by atoms with Crippen LogP contribution >= 0.6 is 11.8 Å². The lowest BCUT2D eigenvalue weighted by molar-refractivity contribution is 0.102. The molecule has 0 aliphatic rings. The summed E-state index contributed by atoms with van der Waals surface area (Å²) >= 11 is 1.64. The summed E-state index contributed by atoms with van der Waals surface area (Å²) in [6, 6.07) is 12.7. The number of carbonyl (C=O) groups excluding carboxylic acids is 1. The second kappa shape index (κ2) is 7.75. The van der Waals surface area contributed by atoms with Crippen molar-refractivity contribution in [2.24, 2.45) is 0 Å². The Morgan fingerprint density at radius 3 is 2.52 bits per heavy atom. The van der Waals surface area contributed by atoms with Crippen molar-refractivity contribution in [2.45, 2.75) is 5.03 Å². The fraction of sp³-hybridized carbons (Fsp3) is 0.267.